The first-order chi connectivity index (χ1) is 15.2. The summed E-state index contributed by atoms with van der Waals surface area (Å²) in [6.45, 7) is 1.99. The van der Waals surface area contributed by atoms with Crippen LogP contribution in [-0.4, -0.2) is 30.2 Å². The van der Waals surface area contributed by atoms with Gasteiger partial charge >= 0.3 is 12.1 Å². The monoisotopic (exact) mass is 452 g/mol. The zero-order chi connectivity index (χ0) is 23.7. The number of carbonyl (C=O) groups excluding carboxylic acids is 1. The number of benzene rings is 2. The molecule has 0 saturated heterocycles. The molecule has 0 unspecified atom stereocenters. The summed E-state index contributed by atoms with van der Waals surface area (Å²) >= 11 is 0. The lowest BCUT2D eigenvalue weighted by molar-refractivity contribution is -0.527. The third-order valence-corrected chi connectivity index (χ3v) is 5.22. The van der Waals surface area contributed by atoms with E-state index in [1.807, 2.05) is 6.92 Å². The quantitative estimate of drug-likeness (QED) is 0.240. The van der Waals surface area contributed by atoms with Crippen LogP contribution < -0.4 is 9.64 Å². The Morgan fingerprint density at radius 2 is 1.69 bits per heavy atom. The van der Waals surface area contributed by atoms with Crippen LogP contribution in [0.25, 0.3) is 0 Å². The van der Waals surface area contributed by atoms with Crippen molar-refractivity contribution in [3.8, 4) is 5.75 Å². The zero-order valence-corrected chi connectivity index (χ0v) is 18.0. The van der Waals surface area contributed by atoms with Crippen LogP contribution >= 0.6 is 0 Å². The number of methoxy groups -OCH3 is 1. The predicted molar refractivity (Wildman–Crippen MR) is 115 cm³/mol. The van der Waals surface area contributed by atoms with Gasteiger partial charge in [-0.05, 0) is 36.2 Å². The van der Waals surface area contributed by atoms with Gasteiger partial charge in [0.2, 0.25) is 6.04 Å². The Morgan fingerprint density at radius 1 is 1.06 bits per heavy atom. The van der Waals surface area contributed by atoms with Crippen LogP contribution in [-0.2, 0) is 4.79 Å². The van der Waals surface area contributed by atoms with E-state index in [4.69, 9.17) is 4.74 Å². The molecule has 0 aliphatic carbocycles. The van der Waals surface area contributed by atoms with E-state index in [9.17, 15) is 28.1 Å². The van der Waals surface area contributed by atoms with Crippen molar-refractivity contribution < 1.29 is 27.6 Å². The van der Waals surface area contributed by atoms with E-state index < -0.39 is 29.1 Å². The van der Waals surface area contributed by atoms with Crippen LogP contribution in [0.5, 0.6) is 5.75 Å². The number of amides is 1. The number of nitro groups is 1. The summed E-state index contributed by atoms with van der Waals surface area (Å²) in [5, 5.41) is 12.1. The highest BCUT2D eigenvalue weighted by atomic mass is 19.4. The van der Waals surface area contributed by atoms with Gasteiger partial charge in [-0.1, -0.05) is 56.5 Å². The Morgan fingerprint density at radius 3 is 2.19 bits per heavy atom. The lowest BCUT2D eigenvalue weighted by Gasteiger charge is -2.34. The lowest BCUT2D eigenvalue weighted by Crippen LogP contribution is -2.49. The summed E-state index contributed by atoms with van der Waals surface area (Å²) in [4.78, 5) is 24.6. The van der Waals surface area contributed by atoms with Crippen molar-refractivity contribution in [2.24, 2.45) is 0 Å². The molecule has 1 amide bonds. The van der Waals surface area contributed by atoms with Crippen molar-refractivity contribution in [3.05, 3.63) is 70.3 Å². The van der Waals surface area contributed by atoms with E-state index in [0.717, 1.165) is 19.3 Å². The molecule has 9 heteroatoms. The molecule has 0 aliphatic heterocycles. The number of halogens is 3. The van der Waals surface area contributed by atoms with Gasteiger partial charge in [0.25, 0.3) is 0 Å². The SMILES string of the molecule is CCCCCC[C@H]([C@H](c1ccccc1)N(C(=O)C(F)(F)F)c1ccc(OC)cc1)[N+](=O)[O-]. The molecular weight excluding hydrogens is 425 g/mol. The second-order valence-corrected chi connectivity index (χ2v) is 7.43. The molecule has 0 fully saturated rings. The second-order valence-electron chi connectivity index (χ2n) is 7.43. The average molecular weight is 452 g/mol. The molecule has 0 aromatic heterocycles. The molecular formula is C23H27F3N2O4. The van der Waals surface area contributed by atoms with Crippen LogP contribution in [0.15, 0.2) is 54.6 Å². The van der Waals surface area contributed by atoms with Gasteiger partial charge in [-0.3, -0.25) is 19.8 Å². The van der Waals surface area contributed by atoms with Crippen LogP contribution in [0.3, 0.4) is 0 Å². The zero-order valence-electron chi connectivity index (χ0n) is 18.0. The molecule has 32 heavy (non-hydrogen) atoms. The fourth-order valence-electron chi connectivity index (χ4n) is 3.64. The molecule has 0 heterocycles. The number of unbranched alkanes of at least 4 members (excludes halogenated alkanes) is 3. The fraction of sp³-hybridized carbons (Fsp3) is 0.435. The van der Waals surface area contributed by atoms with Crippen molar-refractivity contribution >= 4 is 11.6 Å². The van der Waals surface area contributed by atoms with Crippen molar-refractivity contribution in [1.82, 2.24) is 0 Å². The lowest BCUT2D eigenvalue weighted by atomic mass is 9.92. The van der Waals surface area contributed by atoms with E-state index in [1.165, 1.54) is 43.5 Å². The van der Waals surface area contributed by atoms with Crippen molar-refractivity contribution in [2.75, 3.05) is 12.0 Å². The first-order valence-corrected chi connectivity index (χ1v) is 10.4. The first-order valence-electron chi connectivity index (χ1n) is 10.4. The Bertz CT molecular complexity index is 873. The van der Waals surface area contributed by atoms with Gasteiger partial charge in [-0.25, -0.2) is 0 Å². The average Bonchev–Trinajstić information content (AvgIpc) is 2.77. The number of alkyl halides is 3. The second kappa shape index (κ2) is 11.5. The molecule has 0 saturated carbocycles. The Labute approximate surface area is 185 Å². The number of ether oxygens (including phenoxy) is 1. The Balaban J connectivity index is 2.62. The van der Waals surface area contributed by atoms with E-state index in [-0.39, 0.29) is 17.7 Å². The van der Waals surface area contributed by atoms with Crippen LogP contribution in [0.2, 0.25) is 0 Å². The molecule has 0 bridgehead atoms. The van der Waals surface area contributed by atoms with Gasteiger partial charge in [0.1, 0.15) is 11.8 Å². The van der Waals surface area contributed by atoms with Gasteiger partial charge in [0.05, 0.1) is 7.11 Å². The largest absolute Gasteiger partial charge is 0.497 e. The minimum absolute atomic E-state index is 0.0460. The Kier molecular flexibility index (Phi) is 9.04. The van der Waals surface area contributed by atoms with Gasteiger partial charge in [0, 0.05) is 17.0 Å². The molecule has 6 nitrogen and oxygen atoms in total. The third kappa shape index (κ3) is 6.45. The summed E-state index contributed by atoms with van der Waals surface area (Å²) in [5.41, 5.74) is 0.167. The van der Waals surface area contributed by atoms with Crippen molar-refractivity contribution in [3.63, 3.8) is 0 Å². The van der Waals surface area contributed by atoms with E-state index >= 15 is 0 Å². The number of rotatable bonds is 11. The third-order valence-electron chi connectivity index (χ3n) is 5.22. The molecule has 0 spiro atoms. The van der Waals surface area contributed by atoms with E-state index in [2.05, 4.69) is 0 Å². The van der Waals surface area contributed by atoms with Crippen molar-refractivity contribution in [2.45, 2.75) is 57.3 Å². The first kappa shape index (κ1) is 25.2. The maximum Gasteiger partial charge on any atom is 0.471 e. The topological polar surface area (TPSA) is 72.7 Å². The van der Waals surface area contributed by atoms with Gasteiger partial charge < -0.3 is 4.74 Å². The number of carbonyl (C=O) groups is 1. The smallest absolute Gasteiger partial charge is 0.471 e. The molecule has 0 radical (unpaired) electrons. The highest BCUT2D eigenvalue weighted by Gasteiger charge is 2.49. The summed E-state index contributed by atoms with van der Waals surface area (Å²) < 4.78 is 46.0. The molecule has 174 valence electrons. The summed E-state index contributed by atoms with van der Waals surface area (Å²) in [6.07, 6.45) is -2.20. The minimum atomic E-state index is -5.21. The van der Waals surface area contributed by atoms with Gasteiger partial charge in [-0.15, -0.1) is 0 Å². The number of nitrogens with zero attached hydrogens (tertiary/aromatic N) is 2. The normalized spacial score (nSPS) is 13.3. The molecule has 2 aromatic rings. The van der Waals surface area contributed by atoms with E-state index in [0.29, 0.717) is 17.1 Å². The molecule has 2 rings (SSSR count). The summed E-state index contributed by atoms with van der Waals surface area (Å²) in [6, 6.07) is 10.4. The maximum atomic E-state index is 13.6. The Hall–Kier alpha value is -3.10. The summed E-state index contributed by atoms with van der Waals surface area (Å²) in [7, 11) is 1.40. The minimum Gasteiger partial charge on any atom is -0.497 e. The number of hydrogen-bond donors (Lipinski definition) is 0. The van der Waals surface area contributed by atoms with Crippen LogP contribution in [0.4, 0.5) is 18.9 Å². The fourth-order valence-corrected chi connectivity index (χ4v) is 3.64. The number of anilines is 1. The molecule has 0 aliphatic rings. The summed E-state index contributed by atoms with van der Waals surface area (Å²) in [5.74, 6) is -1.77. The van der Waals surface area contributed by atoms with Gasteiger partial charge in [0.15, 0.2) is 0 Å². The molecule has 0 N–H and O–H groups in total. The highest BCUT2D eigenvalue weighted by Crippen LogP contribution is 2.37. The standard InChI is InChI=1S/C23H27F3N2O4/c1-3-4-5-9-12-20(28(30)31)21(17-10-7-6-8-11-17)27(22(29)23(24,25)26)18-13-15-19(32-2)16-14-18/h6-8,10-11,13-16,20-21H,3-5,9,12H2,1-2H3/t20-,21+/m1/s1. The highest BCUT2D eigenvalue weighted by molar-refractivity contribution is 5.98. The van der Waals surface area contributed by atoms with Crippen LogP contribution in [0.1, 0.15) is 50.6 Å². The predicted octanol–water partition coefficient (Wildman–Crippen LogP) is 5.95. The van der Waals surface area contributed by atoms with E-state index in [1.54, 1.807) is 18.2 Å². The molecule has 2 aromatic carbocycles. The maximum absolute atomic E-state index is 13.6. The van der Waals surface area contributed by atoms with Crippen molar-refractivity contribution in [1.29, 1.82) is 0 Å². The van der Waals surface area contributed by atoms with Gasteiger partial charge in [-0.2, -0.15) is 13.2 Å². The molecule has 2 atom stereocenters. The van der Waals surface area contributed by atoms with Crippen LogP contribution in [0, 0.1) is 10.1 Å². The number of hydrogen-bond acceptors (Lipinski definition) is 4.